The number of aromatic nitrogens is 3. The number of rotatable bonds is 6. The van der Waals surface area contributed by atoms with E-state index in [1.165, 1.54) is 12.3 Å². The van der Waals surface area contributed by atoms with E-state index in [-0.39, 0.29) is 18.0 Å². The van der Waals surface area contributed by atoms with Crippen LogP contribution in [-0.4, -0.2) is 58.5 Å². The van der Waals surface area contributed by atoms with E-state index in [0.29, 0.717) is 17.8 Å². The molecule has 4 rings (SSSR count). The average molecular weight is 380 g/mol. The fourth-order valence-electron chi connectivity index (χ4n) is 3.27. The highest BCUT2D eigenvalue weighted by Crippen LogP contribution is 2.23. The quantitative estimate of drug-likeness (QED) is 0.655. The maximum Gasteiger partial charge on any atom is 0.142 e. The largest absolute Gasteiger partial charge is 0.379 e. The number of morpholine rings is 1. The van der Waals surface area contributed by atoms with Gasteiger partial charge in [0.1, 0.15) is 17.4 Å². The molecule has 0 spiro atoms. The molecule has 1 aliphatic rings. The van der Waals surface area contributed by atoms with Crippen molar-refractivity contribution in [1.82, 2.24) is 19.9 Å². The first-order valence-electron chi connectivity index (χ1n) is 9.36. The minimum atomic E-state index is -0.383. The van der Waals surface area contributed by atoms with Crippen molar-refractivity contribution in [2.75, 3.05) is 32.8 Å². The molecule has 0 N–H and O–H groups in total. The number of hydrogen-bond acceptors (Lipinski definition) is 6. The minimum absolute atomic E-state index is 0.122. The molecule has 2 aromatic heterocycles. The zero-order valence-electron chi connectivity index (χ0n) is 15.5. The fraction of sp³-hybridized carbons (Fsp3) is 0.333. The van der Waals surface area contributed by atoms with E-state index in [1.807, 2.05) is 18.2 Å². The molecule has 0 unspecified atom stereocenters. The van der Waals surface area contributed by atoms with Gasteiger partial charge in [-0.2, -0.15) is 0 Å². The fourth-order valence-corrected chi connectivity index (χ4v) is 3.27. The predicted molar refractivity (Wildman–Crippen MR) is 103 cm³/mol. The number of pyridine rings is 1. The second-order valence-electron chi connectivity index (χ2n) is 6.87. The average Bonchev–Trinajstić information content (AvgIpc) is 2.72. The van der Waals surface area contributed by atoms with Crippen LogP contribution in [-0.2, 0) is 16.0 Å². The summed E-state index contributed by atoms with van der Waals surface area (Å²) in [6.45, 7) is 3.94. The molecule has 0 amide bonds. The van der Waals surface area contributed by atoms with E-state index in [1.54, 1.807) is 12.4 Å². The van der Waals surface area contributed by atoms with Crippen molar-refractivity contribution in [2.24, 2.45) is 0 Å². The molecule has 3 heterocycles. The van der Waals surface area contributed by atoms with Crippen LogP contribution in [0.4, 0.5) is 4.39 Å². The maximum absolute atomic E-state index is 13.4. The van der Waals surface area contributed by atoms with Gasteiger partial charge < -0.3 is 4.74 Å². The number of halogens is 1. The molecule has 0 radical (unpaired) electrons. The molecule has 1 saturated heterocycles. The highest BCUT2D eigenvalue weighted by Gasteiger charge is 2.13. The molecule has 0 aliphatic carbocycles. The van der Waals surface area contributed by atoms with E-state index in [4.69, 9.17) is 4.74 Å². The summed E-state index contributed by atoms with van der Waals surface area (Å²) < 4.78 is 18.8. The first-order valence-corrected chi connectivity index (χ1v) is 9.36. The molecule has 6 nitrogen and oxygen atoms in total. The van der Waals surface area contributed by atoms with Gasteiger partial charge in [-0.05, 0) is 17.7 Å². The molecule has 144 valence electrons. The third kappa shape index (κ3) is 4.55. The van der Waals surface area contributed by atoms with Crippen LogP contribution in [0, 0.1) is 5.82 Å². The van der Waals surface area contributed by atoms with Gasteiger partial charge in [0, 0.05) is 49.4 Å². The monoisotopic (exact) mass is 380 g/mol. The predicted octanol–water partition coefficient (Wildman–Crippen LogP) is 2.66. The molecule has 0 saturated carbocycles. The number of nitrogens with zero attached hydrogens (tertiary/aromatic N) is 4. The van der Waals surface area contributed by atoms with Gasteiger partial charge in [-0.3, -0.25) is 14.7 Å². The van der Waals surface area contributed by atoms with Crippen LogP contribution < -0.4 is 0 Å². The number of ether oxygens (including phenoxy) is 1. The Hall–Kier alpha value is -2.77. The minimum Gasteiger partial charge on any atom is -0.379 e. The summed E-state index contributed by atoms with van der Waals surface area (Å²) in [5.74, 6) is 0.247. The highest BCUT2D eigenvalue weighted by molar-refractivity contribution is 5.84. The Labute approximate surface area is 162 Å². The molecule has 0 bridgehead atoms. The smallest absolute Gasteiger partial charge is 0.142 e. The van der Waals surface area contributed by atoms with Gasteiger partial charge in [0.05, 0.1) is 31.3 Å². The first-order chi connectivity index (χ1) is 13.7. The highest BCUT2D eigenvalue weighted by atomic mass is 19.1. The lowest BCUT2D eigenvalue weighted by molar-refractivity contribution is -0.119. The van der Waals surface area contributed by atoms with Crippen LogP contribution in [0.5, 0.6) is 0 Å². The zero-order valence-corrected chi connectivity index (χ0v) is 15.5. The molecule has 7 heteroatoms. The van der Waals surface area contributed by atoms with Crippen LogP contribution in [0.1, 0.15) is 12.2 Å². The van der Waals surface area contributed by atoms with Gasteiger partial charge in [-0.15, -0.1) is 0 Å². The third-order valence-electron chi connectivity index (χ3n) is 4.84. The zero-order chi connectivity index (χ0) is 19.3. The Morgan fingerprint density at radius 2 is 1.96 bits per heavy atom. The summed E-state index contributed by atoms with van der Waals surface area (Å²) in [5.41, 5.74) is 2.24. The molecule has 1 aliphatic heterocycles. The summed E-state index contributed by atoms with van der Waals surface area (Å²) in [6, 6.07) is 7.08. The number of benzene rings is 1. The molecule has 0 atom stereocenters. The van der Waals surface area contributed by atoms with Gasteiger partial charge in [0.15, 0.2) is 0 Å². The van der Waals surface area contributed by atoms with E-state index in [0.717, 1.165) is 49.3 Å². The lowest BCUT2D eigenvalue weighted by Crippen LogP contribution is -2.37. The third-order valence-corrected chi connectivity index (χ3v) is 4.84. The molecule has 3 aromatic rings. The van der Waals surface area contributed by atoms with Crippen molar-refractivity contribution in [2.45, 2.75) is 12.8 Å². The number of hydrogen-bond donors (Lipinski definition) is 0. The maximum atomic E-state index is 13.4. The van der Waals surface area contributed by atoms with Crippen molar-refractivity contribution in [3.8, 4) is 11.1 Å². The van der Waals surface area contributed by atoms with Crippen molar-refractivity contribution in [3.63, 3.8) is 0 Å². The second-order valence-corrected chi connectivity index (χ2v) is 6.87. The summed E-state index contributed by atoms with van der Waals surface area (Å²) >= 11 is 0. The van der Waals surface area contributed by atoms with Crippen LogP contribution in [0.3, 0.4) is 0 Å². The van der Waals surface area contributed by atoms with Crippen LogP contribution in [0.15, 0.2) is 42.9 Å². The lowest BCUT2D eigenvalue weighted by atomic mass is 10.1. The Morgan fingerprint density at radius 3 is 2.79 bits per heavy atom. The van der Waals surface area contributed by atoms with Gasteiger partial charge in [0.25, 0.3) is 0 Å². The Morgan fingerprint density at radius 1 is 1.11 bits per heavy atom. The summed E-state index contributed by atoms with van der Waals surface area (Å²) in [4.78, 5) is 27.3. The SMILES string of the molecule is O=C(CCN1CCOCC1)Cc1ncc2ccc(-c3cncc(F)c3)cc2n1. The van der Waals surface area contributed by atoms with E-state index < -0.39 is 0 Å². The number of carbonyl (C=O) groups is 1. The van der Waals surface area contributed by atoms with Crippen LogP contribution in [0.25, 0.3) is 22.0 Å². The lowest BCUT2D eigenvalue weighted by Gasteiger charge is -2.26. The molecule has 28 heavy (non-hydrogen) atoms. The standard InChI is InChI=1S/C21H21FN4O2/c22-18-9-17(12-23-14-18)15-1-2-16-13-24-21(25-20(16)10-15)11-19(27)3-4-26-5-7-28-8-6-26/h1-2,9-10,12-14H,3-8,11H2. The Balaban J connectivity index is 1.46. The number of Topliss-reactive ketones (excluding diaryl/α,β-unsaturated/α-hetero) is 1. The summed E-state index contributed by atoms with van der Waals surface area (Å²) in [6.07, 6.45) is 5.21. The van der Waals surface area contributed by atoms with Gasteiger partial charge in [-0.1, -0.05) is 12.1 Å². The number of ketones is 1. The molecular weight excluding hydrogens is 359 g/mol. The molecule has 1 aromatic carbocycles. The van der Waals surface area contributed by atoms with Crippen LogP contribution >= 0.6 is 0 Å². The van der Waals surface area contributed by atoms with Crippen molar-refractivity contribution in [3.05, 3.63) is 54.5 Å². The van der Waals surface area contributed by atoms with Crippen LogP contribution in [0.2, 0.25) is 0 Å². The van der Waals surface area contributed by atoms with Gasteiger partial charge in [-0.25, -0.2) is 14.4 Å². The van der Waals surface area contributed by atoms with E-state index in [9.17, 15) is 9.18 Å². The Bertz CT molecular complexity index is 989. The topological polar surface area (TPSA) is 68.2 Å². The van der Waals surface area contributed by atoms with Gasteiger partial charge in [0.2, 0.25) is 0 Å². The van der Waals surface area contributed by atoms with E-state index in [2.05, 4.69) is 19.9 Å². The van der Waals surface area contributed by atoms with Gasteiger partial charge >= 0.3 is 0 Å². The second kappa shape index (κ2) is 8.50. The Kier molecular flexibility index (Phi) is 5.64. The summed E-state index contributed by atoms with van der Waals surface area (Å²) in [7, 11) is 0. The first kappa shape index (κ1) is 18.6. The van der Waals surface area contributed by atoms with Crippen molar-refractivity contribution >= 4 is 16.7 Å². The normalized spacial score (nSPS) is 15.0. The molecular formula is C21H21FN4O2. The van der Waals surface area contributed by atoms with Crippen molar-refractivity contribution in [1.29, 1.82) is 0 Å². The number of carbonyl (C=O) groups excluding carboxylic acids is 1. The summed E-state index contributed by atoms with van der Waals surface area (Å²) in [5, 5.41) is 0.873. The number of fused-ring (bicyclic) bond motifs is 1. The van der Waals surface area contributed by atoms with Crippen molar-refractivity contribution < 1.29 is 13.9 Å². The molecule has 1 fully saturated rings. The van der Waals surface area contributed by atoms with E-state index >= 15 is 0 Å².